The van der Waals surface area contributed by atoms with Gasteiger partial charge in [0.15, 0.2) is 12.4 Å². The molecule has 4 nitrogen and oxygen atoms in total. The molecule has 0 amide bonds. The van der Waals surface area contributed by atoms with Crippen LogP contribution in [0.4, 0.5) is 0 Å². The van der Waals surface area contributed by atoms with Gasteiger partial charge < -0.3 is 9.47 Å². The summed E-state index contributed by atoms with van der Waals surface area (Å²) in [6.07, 6.45) is 1.97. The molecular weight excluding hydrogens is 312 g/mol. The third-order valence-electron chi connectivity index (χ3n) is 3.22. The number of ether oxygens (including phenoxy) is 2. The maximum absolute atomic E-state index is 12.0. The first-order valence-electron chi connectivity index (χ1n) is 7.06. The number of Topliss-reactive ketones (excluding diaryl/α,β-unsaturated/α-hetero) is 1. The second kappa shape index (κ2) is 8.50. The molecule has 120 valence electrons. The quantitative estimate of drug-likeness (QED) is 0.441. The van der Waals surface area contributed by atoms with E-state index in [9.17, 15) is 9.59 Å². The first kappa shape index (κ1) is 17.2. The zero-order valence-corrected chi connectivity index (χ0v) is 13.9. The molecule has 0 fully saturated rings. The molecule has 0 aliphatic carbocycles. The average molecular weight is 330 g/mol. The van der Waals surface area contributed by atoms with Crippen molar-refractivity contribution >= 4 is 23.5 Å². The largest absolute Gasteiger partial charge is 0.454 e. The molecule has 23 heavy (non-hydrogen) atoms. The SMILES string of the molecule is COCc1cccc(C(=O)OCC(=O)c2ccc(SC)cc2)c1. The molecule has 0 atom stereocenters. The Kier molecular flexibility index (Phi) is 6.38. The van der Waals surface area contributed by atoms with Crippen molar-refractivity contribution in [2.24, 2.45) is 0 Å². The highest BCUT2D eigenvalue weighted by Crippen LogP contribution is 2.15. The zero-order valence-electron chi connectivity index (χ0n) is 13.1. The van der Waals surface area contributed by atoms with E-state index in [1.54, 1.807) is 49.2 Å². The van der Waals surface area contributed by atoms with Crippen LogP contribution in [0.25, 0.3) is 0 Å². The molecule has 0 saturated heterocycles. The predicted molar refractivity (Wildman–Crippen MR) is 90.0 cm³/mol. The molecule has 0 aliphatic rings. The van der Waals surface area contributed by atoms with Crippen LogP contribution in [-0.4, -0.2) is 31.7 Å². The van der Waals surface area contributed by atoms with E-state index in [2.05, 4.69) is 0 Å². The van der Waals surface area contributed by atoms with Gasteiger partial charge in [-0.2, -0.15) is 0 Å². The van der Waals surface area contributed by atoms with Gasteiger partial charge in [0.25, 0.3) is 0 Å². The lowest BCUT2D eigenvalue weighted by Gasteiger charge is -2.06. The fourth-order valence-corrected chi connectivity index (χ4v) is 2.44. The van der Waals surface area contributed by atoms with E-state index in [0.717, 1.165) is 10.5 Å². The Hall–Kier alpha value is -2.11. The van der Waals surface area contributed by atoms with Crippen LogP contribution in [0, 0.1) is 0 Å². The summed E-state index contributed by atoms with van der Waals surface area (Å²) in [5.74, 6) is -0.740. The number of hydrogen-bond acceptors (Lipinski definition) is 5. The summed E-state index contributed by atoms with van der Waals surface area (Å²) in [7, 11) is 1.59. The monoisotopic (exact) mass is 330 g/mol. The van der Waals surface area contributed by atoms with Gasteiger partial charge in [0, 0.05) is 17.6 Å². The van der Waals surface area contributed by atoms with E-state index in [-0.39, 0.29) is 12.4 Å². The van der Waals surface area contributed by atoms with Gasteiger partial charge in [-0.1, -0.05) is 24.3 Å². The smallest absolute Gasteiger partial charge is 0.338 e. The van der Waals surface area contributed by atoms with E-state index in [0.29, 0.717) is 17.7 Å². The summed E-state index contributed by atoms with van der Waals surface area (Å²) in [5, 5.41) is 0. The maximum Gasteiger partial charge on any atom is 0.338 e. The molecule has 0 radical (unpaired) electrons. The minimum atomic E-state index is -0.517. The fraction of sp³-hybridized carbons (Fsp3) is 0.222. The van der Waals surface area contributed by atoms with Crippen LogP contribution in [0.1, 0.15) is 26.3 Å². The molecule has 0 bridgehead atoms. The van der Waals surface area contributed by atoms with Crippen LogP contribution in [0.2, 0.25) is 0 Å². The van der Waals surface area contributed by atoms with Crippen molar-refractivity contribution in [3.63, 3.8) is 0 Å². The van der Waals surface area contributed by atoms with Crippen LogP contribution < -0.4 is 0 Å². The van der Waals surface area contributed by atoms with Gasteiger partial charge in [-0.3, -0.25) is 4.79 Å². The lowest BCUT2D eigenvalue weighted by molar-refractivity contribution is 0.0474. The topological polar surface area (TPSA) is 52.6 Å². The first-order valence-corrected chi connectivity index (χ1v) is 8.28. The van der Waals surface area contributed by atoms with Gasteiger partial charge >= 0.3 is 5.97 Å². The minimum absolute atomic E-state index is 0.223. The minimum Gasteiger partial charge on any atom is -0.454 e. The summed E-state index contributed by atoms with van der Waals surface area (Å²) in [6, 6.07) is 14.2. The Balaban J connectivity index is 1.95. The lowest BCUT2D eigenvalue weighted by atomic mass is 10.1. The Morgan fingerprint density at radius 1 is 1.04 bits per heavy atom. The normalized spacial score (nSPS) is 10.3. The summed E-state index contributed by atoms with van der Waals surface area (Å²) in [6.45, 7) is 0.147. The third-order valence-corrected chi connectivity index (χ3v) is 3.96. The molecule has 0 spiro atoms. The molecule has 0 aromatic heterocycles. The summed E-state index contributed by atoms with van der Waals surface area (Å²) in [4.78, 5) is 25.1. The number of benzene rings is 2. The molecule has 2 rings (SSSR count). The molecular formula is C18H18O4S. The number of carbonyl (C=O) groups is 2. The van der Waals surface area contributed by atoms with Gasteiger partial charge in [-0.25, -0.2) is 4.79 Å². The van der Waals surface area contributed by atoms with Crippen molar-refractivity contribution in [2.45, 2.75) is 11.5 Å². The van der Waals surface area contributed by atoms with Gasteiger partial charge in [0.2, 0.25) is 0 Å². The van der Waals surface area contributed by atoms with Crippen LogP contribution in [-0.2, 0) is 16.1 Å². The van der Waals surface area contributed by atoms with Crippen LogP contribution in [0.3, 0.4) is 0 Å². The molecule has 0 heterocycles. The standard InChI is InChI=1S/C18H18O4S/c1-21-11-13-4-3-5-15(10-13)18(20)22-12-17(19)14-6-8-16(23-2)9-7-14/h3-10H,11-12H2,1-2H3. The van der Waals surface area contributed by atoms with Crippen molar-refractivity contribution in [3.05, 3.63) is 65.2 Å². The first-order chi connectivity index (χ1) is 11.1. The van der Waals surface area contributed by atoms with E-state index in [4.69, 9.17) is 9.47 Å². The predicted octanol–water partition coefficient (Wildman–Crippen LogP) is 3.59. The highest BCUT2D eigenvalue weighted by molar-refractivity contribution is 7.98. The second-order valence-corrected chi connectivity index (χ2v) is 5.74. The van der Waals surface area contributed by atoms with Crippen LogP contribution in [0.15, 0.2) is 53.4 Å². The third kappa shape index (κ3) is 4.94. The van der Waals surface area contributed by atoms with Crippen LogP contribution >= 0.6 is 11.8 Å². The van der Waals surface area contributed by atoms with Gasteiger partial charge in [-0.05, 0) is 36.1 Å². The molecule has 0 N–H and O–H groups in total. The Bertz CT molecular complexity index is 680. The van der Waals surface area contributed by atoms with E-state index in [1.807, 2.05) is 24.5 Å². The van der Waals surface area contributed by atoms with Crippen molar-refractivity contribution in [1.29, 1.82) is 0 Å². The summed E-state index contributed by atoms with van der Waals surface area (Å²) in [5.41, 5.74) is 1.81. The number of esters is 1. The fourth-order valence-electron chi connectivity index (χ4n) is 2.03. The lowest BCUT2D eigenvalue weighted by Crippen LogP contribution is -2.14. The molecule has 2 aromatic rings. The highest BCUT2D eigenvalue weighted by atomic mass is 32.2. The number of carbonyl (C=O) groups excluding carboxylic acids is 2. The maximum atomic E-state index is 12.0. The number of thioether (sulfide) groups is 1. The number of hydrogen-bond donors (Lipinski definition) is 0. The Morgan fingerprint density at radius 3 is 2.43 bits per heavy atom. The molecule has 0 saturated carbocycles. The van der Waals surface area contributed by atoms with Gasteiger partial charge in [0.05, 0.1) is 12.2 Å². The number of ketones is 1. The number of methoxy groups -OCH3 is 1. The van der Waals surface area contributed by atoms with Crippen molar-refractivity contribution in [1.82, 2.24) is 0 Å². The summed E-state index contributed by atoms with van der Waals surface area (Å²) < 4.78 is 10.1. The van der Waals surface area contributed by atoms with E-state index >= 15 is 0 Å². The van der Waals surface area contributed by atoms with Crippen LogP contribution in [0.5, 0.6) is 0 Å². The molecule has 5 heteroatoms. The Morgan fingerprint density at radius 2 is 1.78 bits per heavy atom. The number of rotatable bonds is 7. The van der Waals surface area contributed by atoms with Crippen molar-refractivity contribution in [2.75, 3.05) is 20.0 Å². The zero-order chi connectivity index (χ0) is 16.7. The Labute approximate surface area is 139 Å². The van der Waals surface area contributed by atoms with E-state index in [1.165, 1.54) is 0 Å². The summed E-state index contributed by atoms with van der Waals surface area (Å²) >= 11 is 1.60. The van der Waals surface area contributed by atoms with E-state index < -0.39 is 5.97 Å². The van der Waals surface area contributed by atoms with Crippen molar-refractivity contribution in [3.8, 4) is 0 Å². The highest BCUT2D eigenvalue weighted by Gasteiger charge is 2.12. The molecule has 0 aliphatic heterocycles. The average Bonchev–Trinajstić information content (AvgIpc) is 2.60. The van der Waals surface area contributed by atoms with Gasteiger partial charge in [0.1, 0.15) is 0 Å². The second-order valence-electron chi connectivity index (χ2n) is 4.86. The molecule has 0 unspecified atom stereocenters. The van der Waals surface area contributed by atoms with Gasteiger partial charge in [-0.15, -0.1) is 11.8 Å². The molecule has 2 aromatic carbocycles. The van der Waals surface area contributed by atoms with Crippen molar-refractivity contribution < 1.29 is 19.1 Å².